The molecule has 0 saturated carbocycles. The molecule has 184 valence electrons. The van der Waals surface area contributed by atoms with E-state index >= 15 is 0 Å². The van der Waals surface area contributed by atoms with Gasteiger partial charge in [0.1, 0.15) is 17.9 Å². The fourth-order valence-corrected chi connectivity index (χ4v) is 3.84. The first-order chi connectivity index (χ1) is 17.0. The van der Waals surface area contributed by atoms with Crippen molar-refractivity contribution < 1.29 is 19.1 Å². The van der Waals surface area contributed by atoms with E-state index in [-0.39, 0.29) is 11.8 Å². The normalized spacial score (nSPS) is 16.4. The minimum atomic E-state index is -0.399. The Morgan fingerprint density at radius 2 is 2.06 bits per heavy atom. The minimum Gasteiger partial charge on any atom is -0.496 e. The highest BCUT2D eigenvalue weighted by Crippen LogP contribution is 2.28. The Bertz CT molecular complexity index is 1130. The van der Waals surface area contributed by atoms with Crippen LogP contribution in [0.4, 0.5) is 5.82 Å². The lowest BCUT2D eigenvalue weighted by Gasteiger charge is -2.22. The number of carbonyl (C=O) groups is 1. The van der Waals surface area contributed by atoms with Crippen molar-refractivity contribution in [1.82, 2.24) is 20.4 Å². The lowest BCUT2D eigenvalue weighted by molar-refractivity contribution is -0.186. The molecule has 35 heavy (non-hydrogen) atoms. The molecule has 0 bridgehead atoms. The van der Waals surface area contributed by atoms with Crippen molar-refractivity contribution in [1.29, 1.82) is 0 Å². The summed E-state index contributed by atoms with van der Waals surface area (Å²) >= 11 is 0. The van der Waals surface area contributed by atoms with Crippen molar-refractivity contribution in [3.05, 3.63) is 65.7 Å². The van der Waals surface area contributed by atoms with E-state index in [1.807, 2.05) is 31.2 Å². The Balaban J connectivity index is 1.37. The summed E-state index contributed by atoms with van der Waals surface area (Å²) in [7, 11) is 1.60. The number of aryl methyl sites for hydroxylation is 1. The summed E-state index contributed by atoms with van der Waals surface area (Å²) in [4.78, 5) is 31.0. The average molecular weight is 478 g/mol. The fraction of sp³-hybridized carbons (Fsp3) is 0.385. The van der Waals surface area contributed by atoms with E-state index in [0.717, 1.165) is 47.6 Å². The van der Waals surface area contributed by atoms with Crippen molar-refractivity contribution in [2.24, 2.45) is 0 Å². The molecule has 0 spiro atoms. The Morgan fingerprint density at radius 3 is 2.80 bits per heavy atom. The van der Waals surface area contributed by atoms with Gasteiger partial charge in [-0.2, -0.15) is 0 Å². The van der Waals surface area contributed by atoms with Crippen LogP contribution in [0.3, 0.4) is 0 Å². The van der Waals surface area contributed by atoms with Crippen LogP contribution in [0.15, 0.2) is 48.9 Å². The second-order valence-corrected chi connectivity index (χ2v) is 8.56. The topological polar surface area (TPSA) is 107 Å². The number of hydroxylamine groups is 1. The predicted molar refractivity (Wildman–Crippen MR) is 132 cm³/mol. The number of benzene rings is 1. The third-order valence-electron chi connectivity index (χ3n) is 5.91. The molecule has 1 aliphatic rings. The van der Waals surface area contributed by atoms with Crippen LogP contribution in [-0.4, -0.2) is 47.4 Å². The zero-order valence-electron chi connectivity index (χ0n) is 20.3. The highest BCUT2D eigenvalue weighted by Gasteiger charge is 2.18. The molecule has 1 fully saturated rings. The number of amides is 1. The van der Waals surface area contributed by atoms with E-state index in [1.54, 1.807) is 25.4 Å². The van der Waals surface area contributed by atoms with E-state index in [2.05, 4.69) is 32.7 Å². The summed E-state index contributed by atoms with van der Waals surface area (Å²) in [5.74, 6) is 1.11. The molecule has 1 amide bonds. The Morgan fingerprint density at radius 1 is 1.17 bits per heavy atom. The van der Waals surface area contributed by atoms with Gasteiger partial charge in [-0.05, 0) is 49.6 Å². The molecule has 9 nitrogen and oxygen atoms in total. The van der Waals surface area contributed by atoms with Gasteiger partial charge in [0.05, 0.1) is 12.8 Å². The maximum Gasteiger partial charge on any atom is 0.275 e. The number of aromatic nitrogens is 3. The number of rotatable bonds is 9. The molecule has 1 saturated heterocycles. The van der Waals surface area contributed by atoms with Crippen LogP contribution in [-0.2, 0) is 9.57 Å². The van der Waals surface area contributed by atoms with Crippen LogP contribution in [0.5, 0.6) is 5.75 Å². The third-order valence-corrected chi connectivity index (χ3v) is 5.91. The van der Waals surface area contributed by atoms with Gasteiger partial charge in [-0.1, -0.05) is 13.0 Å². The van der Waals surface area contributed by atoms with Gasteiger partial charge in [-0.15, -0.1) is 0 Å². The van der Waals surface area contributed by atoms with Crippen molar-refractivity contribution in [2.75, 3.05) is 25.6 Å². The minimum absolute atomic E-state index is 0.0911. The highest BCUT2D eigenvalue weighted by atomic mass is 16.8. The molecule has 1 aliphatic heterocycles. The van der Waals surface area contributed by atoms with Crippen LogP contribution in [0, 0.1) is 6.92 Å². The number of ether oxygens (including phenoxy) is 2. The van der Waals surface area contributed by atoms with Gasteiger partial charge in [0.15, 0.2) is 6.29 Å². The highest BCUT2D eigenvalue weighted by molar-refractivity contribution is 5.94. The van der Waals surface area contributed by atoms with Gasteiger partial charge in [0.2, 0.25) is 0 Å². The van der Waals surface area contributed by atoms with Crippen LogP contribution in [0.25, 0.3) is 11.3 Å². The number of carbonyl (C=O) groups excluding carboxylic acids is 1. The van der Waals surface area contributed by atoms with Crippen molar-refractivity contribution in [3.8, 4) is 17.0 Å². The second-order valence-electron chi connectivity index (χ2n) is 8.56. The first-order valence-corrected chi connectivity index (χ1v) is 11.8. The van der Waals surface area contributed by atoms with E-state index in [9.17, 15) is 4.79 Å². The smallest absolute Gasteiger partial charge is 0.275 e. The van der Waals surface area contributed by atoms with Gasteiger partial charge in [-0.25, -0.2) is 20.3 Å². The SMILES string of the molecule is COc1cc(C(=O)NOC2CCCCO2)ccc1C(C)CNc1cc(-c2ccc(C)nc2)ncn1. The molecule has 9 heteroatoms. The molecule has 2 unspecified atom stereocenters. The average Bonchev–Trinajstić information content (AvgIpc) is 2.91. The number of methoxy groups -OCH3 is 1. The standard InChI is InChI=1S/C26H31N5O4/c1-17(14-28-24-13-22(29-16-30-24)20-8-7-18(2)27-15-20)21-10-9-19(12-23(21)33-3)26(32)31-35-25-6-4-5-11-34-25/h7-10,12-13,15-17,25H,4-6,11,14H2,1-3H3,(H,31,32)(H,28,29,30). The Labute approximate surface area is 205 Å². The second kappa shape index (κ2) is 11.7. The summed E-state index contributed by atoms with van der Waals surface area (Å²) in [6.07, 6.45) is 5.75. The Hall–Kier alpha value is -3.56. The molecule has 3 aromatic rings. The van der Waals surface area contributed by atoms with E-state index in [1.165, 1.54) is 6.33 Å². The van der Waals surface area contributed by atoms with E-state index in [4.69, 9.17) is 14.3 Å². The number of nitrogens with one attached hydrogen (secondary N) is 2. The lowest BCUT2D eigenvalue weighted by atomic mass is 9.98. The quantitative estimate of drug-likeness (QED) is 0.440. The lowest BCUT2D eigenvalue weighted by Crippen LogP contribution is -2.33. The maximum absolute atomic E-state index is 12.5. The van der Waals surface area contributed by atoms with Gasteiger partial charge < -0.3 is 14.8 Å². The molecule has 4 rings (SSSR count). The first-order valence-electron chi connectivity index (χ1n) is 11.8. The molecule has 3 heterocycles. The molecule has 0 radical (unpaired) electrons. The summed E-state index contributed by atoms with van der Waals surface area (Å²) in [5, 5.41) is 3.37. The molecular formula is C26H31N5O4. The fourth-order valence-electron chi connectivity index (χ4n) is 3.84. The maximum atomic E-state index is 12.5. The first kappa shape index (κ1) is 24.6. The summed E-state index contributed by atoms with van der Waals surface area (Å²) in [6.45, 7) is 5.30. The number of nitrogens with zero attached hydrogens (tertiary/aromatic N) is 3. The van der Waals surface area contributed by atoms with Crippen LogP contribution in [0.1, 0.15) is 53.7 Å². The molecule has 2 aromatic heterocycles. The van der Waals surface area contributed by atoms with Crippen LogP contribution < -0.4 is 15.5 Å². The summed E-state index contributed by atoms with van der Waals surface area (Å²) < 4.78 is 11.1. The largest absolute Gasteiger partial charge is 0.496 e. The molecule has 2 atom stereocenters. The third kappa shape index (κ3) is 6.52. The number of anilines is 1. The molecule has 0 aliphatic carbocycles. The summed E-state index contributed by atoms with van der Waals surface area (Å²) in [6, 6.07) is 11.2. The van der Waals surface area contributed by atoms with E-state index in [0.29, 0.717) is 24.5 Å². The van der Waals surface area contributed by atoms with Gasteiger partial charge >= 0.3 is 0 Å². The monoisotopic (exact) mass is 477 g/mol. The zero-order chi connectivity index (χ0) is 24.6. The van der Waals surface area contributed by atoms with Gasteiger partial charge in [0, 0.05) is 54.6 Å². The predicted octanol–water partition coefficient (Wildman–Crippen LogP) is 4.26. The molecule has 1 aromatic carbocycles. The number of hydrogen-bond acceptors (Lipinski definition) is 8. The van der Waals surface area contributed by atoms with Crippen molar-refractivity contribution in [3.63, 3.8) is 0 Å². The van der Waals surface area contributed by atoms with Crippen LogP contribution in [0.2, 0.25) is 0 Å². The van der Waals surface area contributed by atoms with E-state index < -0.39 is 6.29 Å². The number of pyridine rings is 1. The Kier molecular flexibility index (Phi) is 8.23. The number of hydrogen-bond donors (Lipinski definition) is 2. The molecule has 2 N–H and O–H groups in total. The van der Waals surface area contributed by atoms with Crippen molar-refractivity contribution >= 4 is 11.7 Å². The van der Waals surface area contributed by atoms with Gasteiger partial charge in [0.25, 0.3) is 5.91 Å². The zero-order valence-corrected chi connectivity index (χ0v) is 20.3. The van der Waals surface area contributed by atoms with Gasteiger partial charge in [-0.3, -0.25) is 9.78 Å². The molecular weight excluding hydrogens is 446 g/mol. The van der Waals surface area contributed by atoms with Crippen molar-refractivity contribution in [2.45, 2.75) is 45.3 Å². The summed E-state index contributed by atoms with van der Waals surface area (Å²) in [5.41, 5.74) is 6.61. The van der Waals surface area contributed by atoms with Crippen LogP contribution >= 0.6 is 0 Å².